The Bertz CT molecular complexity index is 1750. The molecule has 0 aliphatic carbocycles. The van der Waals surface area contributed by atoms with Gasteiger partial charge in [-0.15, -0.1) is 0 Å². The number of nitrogens with zero attached hydrogens (tertiary/aromatic N) is 5. The zero-order chi connectivity index (χ0) is 25.4. The van der Waals surface area contributed by atoms with Crippen molar-refractivity contribution in [1.82, 2.24) is 30.1 Å². The Kier molecular flexibility index (Phi) is 5.49. The number of pyridine rings is 1. The monoisotopic (exact) mass is 487 g/mol. The first-order valence-corrected chi connectivity index (χ1v) is 11.8. The second kappa shape index (κ2) is 9.12. The molecule has 0 saturated carbocycles. The summed E-state index contributed by atoms with van der Waals surface area (Å²) in [5.74, 6) is 1.35. The molecular weight excluding hydrogens is 462 g/mol. The van der Waals surface area contributed by atoms with E-state index in [-0.39, 0.29) is 0 Å². The minimum Gasteiger partial charge on any atom is -0.375 e. The largest absolute Gasteiger partial charge is 0.375 e. The lowest BCUT2D eigenvalue weighted by atomic mass is 10.1. The van der Waals surface area contributed by atoms with Crippen LogP contribution in [-0.4, -0.2) is 44.2 Å². The number of anilines is 4. The van der Waals surface area contributed by atoms with Crippen LogP contribution in [0.2, 0.25) is 0 Å². The van der Waals surface area contributed by atoms with Crippen molar-refractivity contribution in [3.05, 3.63) is 91.7 Å². The summed E-state index contributed by atoms with van der Waals surface area (Å²) in [6.07, 6.45) is 7.15. The van der Waals surface area contributed by atoms with Gasteiger partial charge >= 0.3 is 0 Å². The van der Waals surface area contributed by atoms with E-state index < -0.39 is 0 Å². The van der Waals surface area contributed by atoms with Crippen LogP contribution in [0.5, 0.6) is 0 Å². The first-order chi connectivity index (χ1) is 18.0. The van der Waals surface area contributed by atoms with Crippen molar-refractivity contribution in [3.8, 4) is 11.4 Å². The van der Waals surface area contributed by atoms with E-state index in [1.54, 1.807) is 18.6 Å². The fourth-order valence-corrected chi connectivity index (χ4v) is 4.24. The number of H-pyrrole nitrogens is 2. The zero-order valence-corrected chi connectivity index (χ0v) is 20.4. The number of nitrogens with one attached hydrogen (secondary N) is 4. The molecule has 6 aromatic rings. The van der Waals surface area contributed by atoms with Crippen LogP contribution in [0.3, 0.4) is 0 Å². The lowest BCUT2D eigenvalue weighted by molar-refractivity contribution is 1.11. The molecule has 0 fully saturated rings. The quantitative estimate of drug-likeness (QED) is 0.226. The van der Waals surface area contributed by atoms with E-state index in [2.05, 4.69) is 60.6 Å². The minimum absolute atomic E-state index is 0.636. The summed E-state index contributed by atoms with van der Waals surface area (Å²) in [6.45, 7) is 4.24. The van der Waals surface area contributed by atoms with Gasteiger partial charge in [0.1, 0.15) is 5.82 Å². The third-order valence-corrected chi connectivity index (χ3v) is 6.14. The van der Waals surface area contributed by atoms with Crippen molar-refractivity contribution in [2.75, 3.05) is 29.6 Å². The summed E-state index contributed by atoms with van der Waals surface area (Å²) in [5.41, 5.74) is 7.41. The molecule has 37 heavy (non-hydrogen) atoms. The van der Waals surface area contributed by atoms with Crippen molar-refractivity contribution in [2.24, 2.45) is 0 Å². The van der Waals surface area contributed by atoms with E-state index in [0.717, 1.165) is 55.8 Å². The molecule has 0 bridgehead atoms. The fraction of sp³-hybridized carbons (Fsp3) is 0.0714. The Morgan fingerprint density at radius 1 is 0.919 bits per heavy atom. The topological polar surface area (TPSA) is 110 Å². The first-order valence-electron chi connectivity index (χ1n) is 11.8. The molecule has 9 heteroatoms. The third-order valence-electron chi connectivity index (χ3n) is 6.14. The molecule has 6 rings (SSSR count). The number of aromatic nitrogens is 6. The van der Waals surface area contributed by atoms with E-state index in [9.17, 15) is 0 Å². The van der Waals surface area contributed by atoms with E-state index in [0.29, 0.717) is 11.6 Å². The van der Waals surface area contributed by atoms with Gasteiger partial charge in [-0.3, -0.25) is 10.1 Å². The predicted molar refractivity (Wildman–Crippen MR) is 150 cm³/mol. The molecule has 4 N–H and O–H groups in total. The smallest absolute Gasteiger partial charge is 0.161 e. The average Bonchev–Trinajstić information content (AvgIpc) is 3.55. The maximum absolute atomic E-state index is 4.74. The number of aromatic amines is 2. The molecule has 4 heterocycles. The summed E-state index contributed by atoms with van der Waals surface area (Å²) in [6, 6.07) is 18.0. The average molecular weight is 488 g/mol. The number of benzene rings is 2. The summed E-state index contributed by atoms with van der Waals surface area (Å²) >= 11 is 0. The van der Waals surface area contributed by atoms with Gasteiger partial charge in [0.25, 0.3) is 0 Å². The van der Waals surface area contributed by atoms with Gasteiger partial charge in [0.2, 0.25) is 0 Å². The van der Waals surface area contributed by atoms with Gasteiger partial charge in [-0.2, -0.15) is 5.10 Å². The summed E-state index contributed by atoms with van der Waals surface area (Å²) in [7, 11) is 3.97. The van der Waals surface area contributed by atoms with Crippen molar-refractivity contribution in [1.29, 1.82) is 0 Å². The predicted octanol–water partition coefficient (Wildman–Crippen LogP) is 5.79. The second-order valence-corrected chi connectivity index (χ2v) is 8.94. The van der Waals surface area contributed by atoms with Gasteiger partial charge in [0.05, 0.1) is 40.7 Å². The van der Waals surface area contributed by atoms with Crippen molar-refractivity contribution < 1.29 is 0 Å². The van der Waals surface area contributed by atoms with Gasteiger partial charge < -0.3 is 20.5 Å². The van der Waals surface area contributed by atoms with Crippen LogP contribution in [0.25, 0.3) is 38.9 Å². The highest BCUT2D eigenvalue weighted by Crippen LogP contribution is 2.29. The van der Waals surface area contributed by atoms with Gasteiger partial charge in [0.15, 0.2) is 5.82 Å². The number of hydrogen-bond donors (Lipinski definition) is 4. The molecule has 2 aromatic carbocycles. The molecule has 0 atom stereocenters. The van der Waals surface area contributed by atoms with Gasteiger partial charge in [0, 0.05) is 54.0 Å². The van der Waals surface area contributed by atoms with Gasteiger partial charge in [-0.05, 0) is 42.5 Å². The van der Waals surface area contributed by atoms with Crippen LogP contribution >= 0.6 is 0 Å². The SMILES string of the molecule is C=C(Nc1ccncc1N(C)C)c1cc2ccc(-c3nccc(Nc4ccc5[nH]ncc5c4)n3)cc2[nH]1. The zero-order valence-electron chi connectivity index (χ0n) is 20.4. The molecule has 9 nitrogen and oxygen atoms in total. The highest BCUT2D eigenvalue weighted by Gasteiger charge is 2.11. The lowest BCUT2D eigenvalue weighted by Crippen LogP contribution is -2.12. The number of fused-ring (bicyclic) bond motifs is 2. The normalized spacial score (nSPS) is 11.1. The van der Waals surface area contributed by atoms with Crippen LogP contribution in [0, 0.1) is 0 Å². The Balaban J connectivity index is 1.24. The highest BCUT2D eigenvalue weighted by molar-refractivity contribution is 5.90. The maximum Gasteiger partial charge on any atom is 0.161 e. The number of hydrogen-bond acceptors (Lipinski definition) is 7. The molecule has 0 unspecified atom stereocenters. The van der Waals surface area contributed by atoms with Gasteiger partial charge in [-0.25, -0.2) is 9.97 Å². The Hall–Kier alpha value is -5.18. The Labute approximate surface area is 213 Å². The lowest BCUT2D eigenvalue weighted by Gasteiger charge is -2.18. The van der Waals surface area contributed by atoms with E-state index in [1.807, 2.05) is 61.6 Å². The van der Waals surface area contributed by atoms with Gasteiger partial charge in [-0.1, -0.05) is 18.7 Å². The molecule has 0 radical (unpaired) electrons. The Morgan fingerprint density at radius 2 is 1.84 bits per heavy atom. The number of rotatable bonds is 7. The minimum atomic E-state index is 0.636. The van der Waals surface area contributed by atoms with Crippen molar-refractivity contribution in [3.63, 3.8) is 0 Å². The van der Waals surface area contributed by atoms with Crippen molar-refractivity contribution in [2.45, 2.75) is 0 Å². The molecule has 0 aliphatic heterocycles. The second-order valence-electron chi connectivity index (χ2n) is 8.94. The van der Waals surface area contributed by atoms with Crippen molar-refractivity contribution >= 4 is 50.4 Å². The van der Waals surface area contributed by atoms with E-state index in [4.69, 9.17) is 4.98 Å². The molecule has 0 saturated heterocycles. The molecule has 182 valence electrons. The molecule has 0 amide bonds. The standard InChI is InChI=1S/C28H25N9/c1-17(32-23-8-10-29-16-26(23)37(2)3)24-13-18-4-5-19(14-25(18)34-24)28-30-11-9-27(35-28)33-21-6-7-22-20(12-21)15-31-36-22/h4-16,34H,1H2,2-3H3,(H,29,32)(H,31,36)(H,30,33,35). The fourth-order valence-electron chi connectivity index (χ4n) is 4.24. The van der Waals surface area contributed by atoms with Crippen LogP contribution in [0.1, 0.15) is 5.69 Å². The van der Waals surface area contributed by atoms with Crippen LogP contribution in [0.15, 0.2) is 86.0 Å². The summed E-state index contributed by atoms with van der Waals surface area (Å²) in [4.78, 5) is 18.9. The van der Waals surface area contributed by atoms with Crippen LogP contribution in [0.4, 0.5) is 22.9 Å². The van der Waals surface area contributed by atoms with E-state index >= 15 is 0 Å². The molecule has 0 aliphatic rings. The molecule has 4 aromatic heterocycles. The third kappa shape index (κ3) is 4.45. The van der Waals surface area contributed by atoms with E-state index in [1.165, 1.54) is 0 Å². The maximum atomic E-state index is 4.74. The Morgan fingerprint density at radius 3 is 2.73 bits per heavy atom. The first kappa shape index (κ1) is 22.3. The highest BCUT2D eigenvalue weighted by atomic mass is 15.1. The van der Waals surface area contributed by atoms with Crippen LogP contribution < -0.4 is 15.5 Å². The van der Waals surface area contributed by atoms with Crippen LogP contribution in [-0.2, 0) is 0 Å². The summed E-state index contributed by atoms with van der Waals surface area (Å²) < 4.78 is 0. The summed E-state index contributed by atoms with van der Waals surface area (Å²) in [5, 5.41) is 15.9. The molecule has 0 spiro atoms. The molecular formula is C28H25N9.